The summed E-state index contributed by atoms with van der Waals surface area (Å²) in [5, 5.41) is 9.47. The van der Waals surface area contributed by atoms with Crippen LogP contribution in [0.25, 0.3) is 0 Å². The van der Waals surface area contributed by atoms with Crippen molar-refractivity contribution in [2.75, 3.05) is 0 Å². The van der Waals surface area contributed by atoms with Crippen molar-refractivity contribution in [1.29, 1.82) is 0 Å². The highest BCUT2D eigenvalue weighted by molar-refractivity contribution is 7.71. The minimum atomic E-state index is -0.437. The van der Waals surface area contributed by atoms with E-state index in [2.05, 4.69) is 15.5 Å². The summed E-state index contributed by atoms with van der Waals surface area (Å²) in [6.07, 6.45) is 0. The Morgan fingerprint density at radius 1 is 1.44 bits per heavy atom. The van der Waals surface area contributed by atoms with Crippen LogP contribution in [-0.2, 0) is 11.3 Å². The fourth-order valence-electron chi connectivity index (χ4n) is 1.10. The maximum Gasteiger partial charge on any atom is 0.333 e. The first-order valence-electron chi connectivity index (χ1n) is 4.49. The third-order valence-corrected chi connectivity index (χ3v) is 2.10. The summed E-state index contributed by atoms with van der Waals surface area (Å²) in [5.74, 6) is 0.0554. The largest absolute Gasteiger partial charge is 0.425 e. The number of hydrogen-bond donors (Lipinski definition) is 1. The van der Waals surface area contributed by atoms with Gasteiger partial charge in [0.1, 0.15) is 12.3 Å². The molecule has 7 heteroatoms. The number of rotatable bonds is 3. The molecule has 6 nitrogen and oxygen atoms in total. The van der Waals surface area contributed by atoms with E-state index in [0.29, 0.717) is 5.75 Å². The lowest BCUT2D eigenvalue weighted by Gasteiger charge is -2.03. The first-order valence-corrected chi connectivity index (χ1v) is 4.90. The summed E-state index contributed by atoms with van der Waals surface area (Å²) >= 11 is 4.82. The zero-order valence-electron chi connectivity index (χ0n) is 8.16. The second kappa shape index (κ2) is 4.67. The molecule has 0 aliphatic heterocycles. The molecule has 1 heterocycles. The van der Waals surface area contributed by atoms with Gasteiger partial charge >= 0.3 is 5.97 Å². The molecule has 0 atom stereocenters. The lowest BCUT2D eigenvalue weighted by molar-refractivity contribution is -0.135. The standard InChI is InChI=1S/C9H8N4O2S/c14-8(6-13-9(16)10-11-12-13)15-7-4-2-1-3-5-7/h1-5H,6H2,(H,10,12,16). The summed E-state index contributed by atoms with van der Waals surface area (Å²) in [6, 6.07) is 8.80. The molecule has 1 N–H and O–H groups in total. The molecule has 0 saturated heterocycles. The van der Waals surface area contributed by atoms with Gasteiger partial charge in [-0.3, -0.25) is 0 Å². The molecule has 2 aromatic rings. The van der Waals surface area contributed by atoms with Crippen LogP contribution in [0.3, 0.4) is 0 Å². The third kappa shape index (κ3) is 2.51. The van der Waals surface area contributed by atoms with Gasteiger partial charge in [-0.15, -0.1) is 0 Å². The molecule has 0 radical (unpaired) electrons. The lowest BCUT2D eigenvalue weighted by Crippen LogP contribution is -2.17. The van der Waals surface area contributed by atoms with Crippen LogP contribution in [0.15, 0.2) is 30.3 Å². The second-order valence-electron chi connectivity index (χ2n) is 2.96. The SMILES string of the molecule is O=C(Cn1[nH]nnc1=S)Oc1ccccc1. The summed E-state index contributed by atoms with van der Waals surface area (Å²) in [4.78, 5) is 11.5. The van der Waals surface area contributed by atoms with Crippen LogP contribution in [-0.4, -0.2) is 26.2 Å². The van der Waals surface area contributed by atoms with Crippen LogP contribution < -0.4 is 4.74 Å². The van der Waals surface area contributed by atoms with Gasteiger partial charge in [0.2, 0.25) is 4.77 Å². The van der Waals surface area contributed by atoms with E-state index in [1.165, 1.54) is 4.68 Å². The van der Waals surface area contributed by atoms with E-state index in [-0.39, 0.29) is 11.3 Å². The van der Waals surface area contributed by atoms with Crippen molar-refractivity contribution in [3.8, 4) is 5.75 Å². The summed E-state index contributed by atoms with van der Waals surface area (Å²) in [5.41, 5.74) is 0. The predicted molar refractivity (Wildman–Crippen MR) is 57.3 cm³/mol. The van der Waals surface area contributed by atoms with Crippen molar-refractivity contribution < 1.29 is 9.53 Å². The highest BCUT2D eigenvalue weighted by atomic mass is 32.1. The van der Waals surface area contributed by atoms with Crippen molar-refractivity contribution in [2.24, 2.45) is 0 Å². The first-order chi connectivity index (χ1) is 7.75. The van der Waals surface area contributed by atoms with Crippen LogP contribution in [0.5, 0.6) is 5.75 Å². The highest BCUT2D eigenvalue weighted by Crippen LogP contribution is 2.08. The topological polar surface area (TPSA) is 72.8 Å². The maximum absolute atomic E-state index is 11.5. The van der Waals surface area contributed by atoms with Crippen LogP contribution in [0.1, 0.15) is 0 Å². The molecule has 82 valence electrons. The van der Waals surface area contributed by atoms with Gasteiger partial charge in [0.25, 0.3) is 0 Å². The van der Waals surface area contributed by atoms with Gasteiger partial charge in [0.05, 0.1) is 0 Å². The Balaban J connectivity index is 2.00. The molecular weight excluding hydrogens is 228 g/mol. The van der Waals surface area contributed by atoms with Crippen molar-refractivity contribution in [3.63, 3.8) is 0 Å². The van der Waals surface area contributed by atoms with E-state index < -0.39 is 5.97 Å². The molecule has 0 fully saturated rings. The summed E-state index contributed by atoms with van der Waals surface area (Å²) in [7, 11) is 0. The van der Waals surface area contributed by atoms with E-state index in [1.54, 1.807) is 24.3 Å². The smallest absolute Gasteiger partial charge is 0.333 e. The van der Waals surface area contributed by atoms with Gasteiger partial charge in [-0.25, -0.2) is 9.48 Å². The minimum Gasteiger partial charge on any atom is -0.425 e. The number of nitrogens with zero attached hydrogens (tertiary/aromatic N) is 3. The Morgan fingerprint density at radius 2 is 2.19 bits per heavy atom. The monoisotopic (exact) mass is 236 g/mol. The van der Waals surface area contributed by atoms with E-state index in [1.807, 2.05) is 6.07 Å². The number of carbonyl (C=O) groups excluding carboxylic acids is 1. The lowest BCUT2D eigenvalue weighted by atomic mass is 10.3. The molecule has 1 aromatic heterocycles. The Kier molecular flexibility index (Phi) is 3.06. The highest BCUT2D eigenvalue weighted by Gasteiger charge is 2.07. The minimum absolute atomic E-state index is 0.0409. The van der Waals surface area contributed by atoms with Crippen LogP contribution >= 0.6 is 12.2 Å². The number of aromatic nitrogens is 4. The fourth-order valence-corrected chi connectivity index (χ4v) is 1.25. The molecule has 0 aliphatic carbocycles. The van der Waals surface area contributed by atoms with Crippen molar-refractivity contribution in [1.82, 2.24) is 20.2 Å². The average molecular weight is 236 g/mol. The van der Waals surface area contributed by atoms with Gasteiger partial charge in [0, 0.05) is 0 Å². The van der Waals surface area contributed by atoms with Crippen LogP contribution in [0, 0.1) is 4.77 Å². The van der Waals surface area contributed by atoms with Crippen molar-refractivity contribution in [2.45, 2.75) is 6.54 Å². The van der Waals surface area contributed by atoms with Gasteiger partial charge in [0.15, 0.2) is 0 Å². The van der Waals surface area contributed by atoms with E-state index in [9.17, 15) is 4.79 Å². The molecule has 0 saturated carbocycles. The van der Waals surface area contributed by atoms with Crippen molar-refractivity contribution >= 4 is 18.2 Å². The number of H-pyrrole nitrogens is 1. The molecule has 0 unspecified atom stereocenters. The van der Waals surface area contributed by atoms with E-state index in [4.69, 9.17) is 17.0 Å². The molecule has 0 spiro atoms. The zero-order valence-corrected chi connectivity index (χ0v) is 8.98. The maximum atomic E-state index is 11.5. The van der Waals surface area contributed by atoms with Gasteiger partial charge in [-0.05, 0) is 24.4 Å². The number of esters is 1. The number of nitrogens with one attached hydrogen (secondary N) is 1. The number of hydrogen-bond acceptors (Lipinski definition) is 5. The Bertz CT molecular complexity index is 534. The quantitative estimate of drug-likeness (QED) is 0.488. The molecule has 0 amide bonds. The molecule has 1 aromatic carbocycles. The molecule has 2 rings (SSSR count). The van der Waals surface area contributed by atoms with Gasteiger partial charge in [-0.1, -0.05) is 28.5 Å². The Labute approximate surface area is 95.8 Å². The number of aromatic amines is 1. The Morgan fingerprint density at radius 3 is 2.81 bits per heavy atom. The first kappa shape index (κ1) is 10.5. The molecule has 0 aliphatic rings. The number of para-hydroxylation sites is 1. The summed E-state index contributed by atoms with van der Waals surface area (Å²) < 4.78 is 6.59. The number of benzene rings is 1. The van der Waals surface area contributed by atoms with Crippen LogP contribution in [0.4, 0.5) is 0 Å². The number of carbonyl (C=O) groups is 1. The molecule has 0 bridgehead atoms. The van der Waals surface area contributed by atoms with E-state index >= 15 is 0 Å². The van der Waals surface area contributed by atoms with Crippen molar-refractivity contribution in [3.05, 3.63) is 35.1 Å². The average Bonchev–Trinajstić information content (AvgIpc) is 2.66. The third-order valence-electron chi connectivity index (χ3n) is 1.79. The molecular formula is C9H8N4O2S. The molecule has 16 heavy (non-hydrogen) atoms. The van der Waals surface area contributed by atoms with Crippen LogP contribution in [0.2, 0.25) is 0 Å². The fraction of sp³-hybridized carbons (Fsp3) is 0.111. The number of tetrazole rings is 1. The summed E-state index contributed by atoms with van der Waals surface area (Å²) in [6.45, 7) is -0.0409. The predicted octanol–water partition coefficient (Wildman–Crippen LogP) is 0.941. The normalized spacial score (nSPS) is 10.0. The van der Waals surface area contributed by atoms with Gasteiger partial charge < -0.3 is 4.74 Å². The van der Waals surface area contributed by atoms with Gasteiger partial charge in [-0.2, -0.15) is 5.21 Å². The second-order valence-corrected chi connectivity index (χ2v) is 3.32. The van der Waals surface area contributed by atoms with E-state index in [0.717, 1.165) is 0 Å². The zero-order chi connectivity index (χ0) is 11.4. The Hall–Kier alpha value is -2.02. The number of ether oxygens (including phenoxy) is 1.